The normalized spacial score (nSPS) is 15.0. The molecule has 2 N–H and O–H groups in total. The Balaban J connectivity index is 1.32. The van der Waals surface area contributed by atoms with Crippen molar-refractivity contribution in [3.8, 4) is 11.1 Å². The summed E-state index contributed by atoms with van der Waals surface area (Å²) in [7, 11) is 0. The van der Waals surface area contributed by atoms with Gasteiger partial charge in [0.25, 0.3) is 0 Å². The van der Waals surface area contributed by atoms with Gasteiger partial charge in [-0.2, -0.15) is 5.10 Å². The first kappa shape index (κ1) is 16.5. The van der Waals surface area contributed by atoms with Gasteiger partial charge in [0, 0.05) is 6.54 Å². The van der Waals surface area contributed by atoms with Crippen LogP contribution in [-0.4, -0.2) is 9.78 Å². The molecule has 0 bridgehead atoms. The van der Waals surface area contributed by atoms with Crippen LogP contribution in [-0.2, 0) is 13.0 Å². The highest BCUT2D eigenvalue weighted by Crippen LogP contribution is 2.43. The number of benzene rings is 2. The Morgan fingerprint density at radius 3 is 2.48 bits per heavy atom. The van der Waals surface area contributed by atoms with Gasteiger partial charge in [-0.15, -0.1) is 0 Å². The van der Waals surface area contributed by atoms with E-state index in [9.17, 15) is 0 Å². The third-order valence-electron chi connectivity index (χ3n) is 5.38. The number of nitrogens with one attached hydrogen (secondary N) is 2. The Hall–Kier alpha value is -2.66. The quantitative estimate of drug-likeness (QED) is 0.638. The molecule has 0 amide bonds. The molecule has 0 unspecified atom stereocenters. The van der Waals surface area contributed by atoms with E-state index in [-0.39, 0.29) is 6.04 Å². The van der Waals surface area contributed by atoms with E-state index in [0.29, 0.717) is 0 Å². The summed E-state index contributed by atoms with van der Waals surface area (Å²) >= 11 is 1.60. The van der Waals surface area contributed by atoms with Gasteiger partial charge in [0.15, 0.2) is 0 Å². The molecule has 2 aromatic carbocycles. The van der Waals surface area contributed by atoms with Gasteiger partial charge in [0.1, 0.15) is 5.82 Å². The topological polar surface area (TPSA) is 41.9 Å². The fourth-order valence-corrected chi connectivity index (χ4v) is 4.83. The number of rotatable bonds is 5. The molecule has 0 saturated carbocycles. The van der Waals surface area contributed by atoms with Crippen molar-refractivity contribution in [1.29, 1.82) is 0 Å². The summed E-state index contributed by atoms with van der Waals surface area (Å²) < 4.78 is 5.51. The minimum absolute atomic E-state index is 0.124. The van der Waals surface area contributed by atoms with Crippen molar-refractivity contribution in [2.75, 3.05) is 0 Å². The molecule has 0 atom stereocenters. The average molecular weight is 375 g/mol. The van der Waals surface area contributed by atoms with Crippen LogP contribution in [0.1, 0.15) is 35.7 Å². The molecular formula is C22H22N4S. The standard InChI is InChI=1S/C22H22N4S/c1-15(25-27-21-14-23-26-13-7-6-12-20(21)26)24-22-18-10-4-2-8-16(18)17-9-3-5-11-19(17)22/h2-5,8-11,14,22,24-25H,1,6-7,12-13H2. The zero-order valence-corrected chi connectivity index (χ0v) is 15.9. The maximum absolute atomic E-state index is 4.50. The molecule has 0 saturated heterocycles. The van der Waals surface area contributed by atoms with Crippen molar-refractivity contribution < 1.29 is 0 Å². The molecule has 27 heavy (non-hydrogen) atoms. The number of nitrogens with zero attached hydrogens (tertiary/aromatic N) is 2. The summed E-state index contributed by atoms with van der Waals surface area (Å²) in [6.45, 7) is 5.24. The van der Waals surface area contributed by atoms with Gasteiger partial charge in [-0.25, -0.2) is 0 Å². The van der Waals surface area contributed by atoms with Crippen LogP contribution in [0, 0.1) is 0 Å². The van der Waals surface area contributed by atoms with Crippen LogP contribution >= 0.6 is 11.9 Å². The van der Waals surface area contributed by atoms with Crippen LogP contribution in [0.4, 0.5) is 0 Å². The van der Waals surface area contributed by atoms with Crippen molar-refractivity contribution in [3.63, 3.8) is 0 Å². The molecule has 2 heterocycles. The smallest absolute Gasteiger partial charge is 0.102 e. The maximum atomic E-state index is 4.50. The number of hydrogen-bond donors (Lipinski definition) is 2. The molecule has 136 valence electrons. The molecule has 4 nitrogen and oxygen atoms in total. The first-order valence-electron chi connectivity index (χ1n) is 9.42. The lowest BCUT2D eigenvalue weighted by atomic mass is 10.1. The third kappa shape index (κ3) is 2.92. The van der Waals surface area contributed by atoms with Crippen LogP contribution < -0.4 is 10.0 Å². The minimum Gasteiger partial charge on any atom is -0.361 e. The molecule has 1 aliphatic carbocycles. The van der Waals surface area contributed by atoms with Gasteiger partial charge in [-0.05, 0) is 53.5 Å². The SMILES string of the molecule is C=C(NSc1cnn2c1CCCC2)NC1c2ccccc2-c2ccccc21. The Labute approximate surface area is 163 Å². The summed E-state index contributed by atoms with van der Waals surface area (Å²) in [6, 6.07) is 17.3. The lowest BCUT2D eigenvalue weighted by Gasteiger charge is -2.20. The molecule has 0 radical (unpaired) electrons. The Kier molecular flexibility index (Phi) is 4.17. The van der Waals surface area contributed by atoms with Gasteiger partial charge in [-0.3, -0.25) is 4.68 Å². The van der Waals surface area contributed by atoms with E-state index < -0.39 is 0 Å². The second kappa shape index (κ2) is 6.82. The summed E-state index contributed by atoms with van der Waals surface area (Å²) in [5.41, 5.74) is 6.54. The first-order valence-corrected chi connectivity index (χ1v) is 10.2. The van der Waals surface area contributed by atoms with Crippen molar-refractivity contribution in [3.05, 3.63) is 83.9 Å². The van der Waals surface area contributed by atoms with Crippen molar-refractivity contribution in [2.24, 2.45) is 0 Å². The van der Waals surface area contributed by atoms with Crippen LogP contribution in [0.5, 0.6) is 0 Å². The number of aromatic nitrogens is 2. The van der Waals surface area contributed by atoms with Gasteiger partial charge >= 0.3 is 0 Å². The molecule has 2 aliphatic rings. The predicted molar refractivity (Wildman–Crippen MR) is 110 cm³/mol. The molecule has 0 fully saturated rings. The molecule has 5 heteroatoms. The van der Waals surface area contributed by atoms with Gasteiger partial charge in [-0.1, -0.05) is 55.1 Å². The number of aryl methyl sites for hydroxylation is 1. The highest BCUT2D eigenvalue weighted by molar-refractivity contribution is 7.97. The molecule has 3 aromatic rings. The fourth-order valence-electron chi connectivity index (χ4n) is 4.11. The Morgan fingerprint density at radius 1 is 1.04 bits per heavy atom. The van der Waals surface area contributed by atoms with E-state index in [2.05, 4.69) is 74.9 Å². The molecule has 1 aromatic heterocycles. The van der Waals surface area contributed by atoms with E-state index in [1.54, 1.807) is 11.9 Å². The number of hydrogen-bond acceptors (Lipinski definition) is 4. The largest absolute Gasteiger partial charge is 0.361 e. The van der Waals surface area contributed by atoms with Crippen LogP contribution in [0.2, 0.25) is 0 Å². The lowest BCUT2D eigenvalue weighted by molar-refractivity contribution is 0.482. The van der Waals surface area contributed by atoms with Crippen molar-refractivity contribution in [2.45, 2.75) is 36.7 Å². The molecule has 5 rings (SSSR count). The lowest BCUT2D eigenvalue weighted by Crippen LogP contribution is -2.25. The van der Waals surface area contributed by atoms with E-state index in [0.717, 1.165) is 18.8 Å². The third-order valence-corrected chi connectivity index (χ3v) is 6.29. The fraction of sp³-hybridized carbons (Fsp3) is 0.227. The average Bonchev–Trinajstić information content (AvgIpc) is 3.27. The van der Waals surface area contributed by atoms with E-state index in [4.69, 9.17) is 0 Å². The number of fused-ring (bicyclic) bond motifs is 4. The highest BCUT2D eigenvalue weighted by Gasteiger charge is 2.28. The summed E-state index contributed by atoms with van der Waals surface area (Å²) in [4.78, 5) is 1.20. The van der Waals surface area contributed by atoms with Gasteiger partial charge in [0.05, 0.1) is 22.8 Å². The van der Waals surface area contributed by atoms with Crippen LogP contribution in [0.3, 0.4) is 0 Å². The summed E-state index contributed by atoms with van der Waals surface area (Å²) in [5, 5.41) is 8.08. The van der Waals surface area contributed by atoms with Gasteiger partial charge < -0.3 is 10.0 Å². The monoisotopic (exact) mass is 374 g/mol. The Bertz CT molecular complexity index is 962. The highest BCUT2D eigenvalue weighted by atomic mass is 32.2. The van der Waals surface area contributed by atoms with Crippen LogP contribution in [0.15, 0.2) is 72.0 Å². The van der Waals surface area contributed by atoms with Crippen molar-refractivity contribution >= 4 is 11.9 Å². The second-order valence-electron chi connectivity index (χ2n) is 7.07. The second-order valence-corrected chi connectivity index (χ2v) is 7.92. The van der Waals surface area contributed by atoms with E-state index in [1.165, 1.54) is 45.7 Å². The molecular weight excluding hydrogens is 352 g/mol. The first-order chi connectivity index (χ1) is 13.3. The Morgan fingerprint density at radius 2 is 1.74 bits per heavy atom. The van der Waals surface area contributed by atoms with Crippen molar-refractivity contribution in [1.82, 2.24) is 19.8 Å². The zero-order valence-electron chi connectivity index (χ0n) is 15.1. The molecule has 1 aliphatic heterocycles. The molecule has 0 spiro atoms. The summed E-state index contributed by atoms with van der Waals surface area (Å²) in [6.07, 6.45) is 5.54. The summed E-state index contributed by atoms with van der Waals surface area (Å²) in [5.74, 6) is 0.812. The van der Waals surface area contributed by atoms with E-state index >= 15 is 0 Å². The minimum atomic E-state index is 0.124. The van der Waals surface area contributed by atoms with Crippen LogP contribution in [0.25, 0.3) is 11.1 Å². The predicted octanol–water partition coefficient (Wildman–Crippen LogP) is 4.65. The zero-order chi connectivity index (χ0) is 18.2. The van der Waals surface area contributed by atoms with Gasteiger partial charge in [0.2, 0.25) is 0 Å². The maximum Gasteiger partial charge on any atom is 0.102 e. The van der Waals surface area contributed by atoms with E-state index in [1.807, 2.05) is 6.20 Å².